The summed E-state index contributed by atoms with van der Waals surface area (Å²) in [5, 5.41) is 5.59. The number of alkyl halides is 3. The molecule has 10 nitrogen and oxygen atoms in total. The molecule has 14 heteroatoms. The van der Waals surface area contributed by atoms with Gasteiger partial charge in [-0.3, -0.25) is 9.59 Å². The average molecular weight is 657 g/mol. The predicted octanol–water partition coefficient (Wildman–Crippen LogP) is 6.10. The first-order valence-corrected chi connectivity index (χ1v) is 15.3. The van der Waals surface area contributed by atoms with Gasteiger partial charge in [-0.15, -0.1) is 0 Å². The number of anilines is 2. The summed E-state index contributed by atoms with van der Waals surface area (Å²) in [5.74, 6) is -3.15. The summed E-state index contributed by atoms with van der Waals surface area (Å²) in [7, 11) is 5.00. The number of likely N-dealkylation sites (tertiary alicyclic amines) is 1. The lowest BCUT2D eigenvalue weighted by molar-refractivity contribution is -0.139. The van der Waals surface area contributed by atoms with Crippen LogP contribution in [0.15, 0.2) is 36.5 Å². The Morgan fingerprint density at radius 3 is 2.45 bits per heavy atom. The highest BCUT2D eigenvalue weighted by atomic mass is 19.4. The van der Waals surface area contributed by atoms with Crippen molar-refractivity contribution in [2.45, 2.75) is 57.3 Å². The van der Waals surface area contributed by atoms with Gasteiger partial charge in [-0.05, 0) is 82.8 Å². The third kappa shape index (κ3) is 5.94. The SMILES string of the molecule is COc1cc(C(=O)NC2CC3(CCN(C)CC3)C2)c(F)cc1Nc1ncc(C(F)(F)F)c(Oc2cccc3c2C(=O)N(C)C3(C)C)n1. The number of amides is 2. The summed E-state index contributed by atoms with van der Waals surface area (Å²) < 4.78 is 68.4. The molecular formula is C33H36F4N6O4. The predicted molar refractivity (Wildman–Crippen MR) is 165 cm³/mol. The van der Waals surface area contributed by atoms with Gasteiger partial charge in [-0.25, -0.2) is 9.37 Å². The monoisotopic (exact) mass is 656 g/mol. The molecule has 1 aromatic heterocycles. The Kier molecular flexibility index (Phi) is 8.05. The van der Waals surface area contributed by atoms with Crippen LogP contribution in [0.25, 0.3) is 0 Å². The summed E-state index contributed by atoms with van der Waals surface area (Å²) in [6.07, 6.45) is -0.537. The fourth-order valence-corrected chi connectivity index (χ4v) is 6.72. The smallest absolute Gasteiger partial charge is 0.423 e. The van der Waals surface area contributed by atoms with Crippen molar-refractivity contribution in [1.82, 2.24) is 25.1 Å². The molecule has 6 rings (SSSR count). The Bertz CT molecular complexity index is 1730. The first-order valence-electron chi connectivity index (χ1n) is 15.3. The van der Waals surface area contributed by atoms with Crippen molar-refractivity contribution in [1.29, 1.82) is 0 Å². The first kappa shape index (κ1) is 32.5. The van der Waals surface area contributed by atoms with E-state index in [1.54, 1.807) is 19.2 Å². The number of halogens is 4. The molecule has 3 aromatic rings. The molecule has 1 spiro atoms. The van der Waals surface area contributed by atoms with Crippen molar-refractivity contribution in [2.24, 2.45) is 5.41 Å². The summed E-state index contributed by atoms with van der Waals surface area (Å²) in [5.41, 5.74) is -1.31. The molecule has 250 valence electrons. The van der Waals surface area contributed by atoms with Crippen molar-refractivity contribution >= 4 is 23.5 Å². The molecule has 1 aliphatic carbocycles. The van der Waals surface area contributed by atoms with Crippen molar-refractivity contribution in [3.8, 4) is 17.4 Å². The van der Waals surface area contributed by atoms with Gasteiger partial charge >= 0.3 is 6.18 Å². The second-order valence-electron chi connectivity index (χ2n) is 13.2. The molecule has 2 amide bonds. The number of piperidine rings is 1. The number of carbonyl (C=O) groups excluding carboxylic acids is 2. The Hall–Kier alpha value is -4.46. The van der Waals surface area contributed by atoms with E-state index < -0.39 is 40.8 Å². The van der Waals surface area contributed by atoms with Crippen molar-refractivity contribution < 1.29 is 36.6 Å². The molecule has 2 fully saturated rings. The van der Waals surface area contributed by atoms with Crippen LogP contribution in [-0.4, -0.2) is 71.9 Å². The lowest BCUT2D eigenvalue weighted by atomic mass is 9.60. The third-order valence-electron chi connectivity index (χ3n) is 9.83. The number of aromatic nitrogens is 2. The minimum absolute atomic E-state index is 0.0275. The summed E-state index contributed by atoms with van der Waals surface area (Å²) in [6, 6.07) is 6.84. The van der Waals surface area contributed by atoms with Crippen LogP contribution in [0.1, 0.15) is 71.4 Å². The maximum Gasteiger partial charge on any atom is 0.423 e. The zero-order valence-electron chi connectivity index (χ0n) is 26.7. The van der Waals surface area contributed by atoms with Crippen LogP contribution in [0.4, 0.5) is 29.2 Å². The number of carbonyl (C=O) groups is 2. The Morgan fingerprint density at radius 2 is 1.79 bits per heavy atom. The number of methoxy groups -OCH3 is 1. The molecule has 47 heavy (non-hydrogen) atoms. The van der Waals surface area contributed by atoms with Gasteiger partial charge in [0, 0.05) is 25.4 Å². The zero-order chi connectivity index (χ0) is 33.9. The van der Waals surface area contributed by atoms with E-state index in [0.29, 0.717) is 11.8 Å². The Morgan fingerprint density at radius 1 is 1.09 bits per heavy atom. The van der Waals surface area contributed by atoms with Crippen LogP contribution >= 0.6 is 0 Å². The molecule has 0 atom stereocenters. The van der Waals surface area contributed by atoms with Gasteiger partial charge in [-0.1, -0.05) is 12.1 Å². The molecule has 0 unspecified atom stereocenters. The van der Waals surface area contributed by atoms with Crippen LogP contribution in [-0.2, 0) is 11.7 Å². The van der Waals surface area contributed by atoms with E-state index in [2.05, 4.69) is 32.5 Å². The molecule has 2 aromatic carbocycles. The van der Waals surface area contributed by atoms with Crippen LogP contribution in [0, 0.1) is 11.2 Å². The van der Waals surface area contributed by atoms with E-state index in [1.807, 2.05) is 13.8 Å². The van der Waals surface area contributed by atoms with E-state index in [1.165, 1.54) is 24.1 Å². The molecule has 3 heterocycles. The number of nitrogens with zero attached hydrogens (tertiary/aromatic N) is 4. The largest absolute Gasteiger partial charge is 0.495 e. The molecule has 3 aliphatic rings. The van der Waals surface area contributed by atoms with E-state index >= 15 is 4.39 Å². The topological polar surface area (TPSA) is 109 Å². The highest BCUT2D eigenvalue weighted by Crippen LogP contribution is 2.49. The van der Waals surface area contributed by atoms with Crippen molar-refractivity contribution in [3.63, 3.8) is 0 Å². The summed E-state index contributed by atoms with van der Waals surface area (Å²) in [4.78, 5) is 37.6. The van der Waals surface area contributed by atoms with Gasteiger partial charge in [-0.2, -0.15) is 18.2 Å². The highest BCUT2D eigenvalue weighted by molar-refractivity contribution is 6.02. The van der Waals surface area contributed by atoms with E-state index in [9.17, 15) is 22.8 Å². The second kappa shape index (κ2) is 11.7. The second-order valence-corrected chi connectivity index (χ2v) is 13.2. The number of fused-ring (bicyclic) bond motifs is 1. The molecule has 2 N–H and O–H groups in total. The maximum atomic E-state index is 15.3. The van der Waals surface area contributed by atoms with Crippen LogP contribution in [0.3, 0.4) is 0 Å². The highest BCUT2D eigenvalue weighted by Gasteiger charge is 2.46. The fraction of sp³-hybridized carbons (Fsp3) is 0.455. The van der Waals surface area contributed by atoms with E-state index in [0.717, 1.165) is 44.8 Å². The van der Waals surface area contributed by atoms with Crippen LogP contribution in [0.5, 0.6) is 17.4 Å². The minimum Gasteiger partial charge on any atom is -0.495 e. The Balaban J connectivity index is 1.23. The van der Waals surface area contributed by atoms with Crippen LogP contribution in [0.2, 0.25) is 0 Å². The maximum absolute atomic E-state index is 15.3. The van der Waals surface area contributed by atoms with Crippen molar-refractivity contribution in [3.05, 3.63) is 64.6 Å². The molecule has 2 aliphatic heterocycles. The zero-order valence-corrected chi connectivity index (χ0v) is 26.7. The standard InChI is InChI=1S/C33H36F4N6O4/c1-31(2)20-7-6-8-24(26(20)29(45)43(31)4)47-28-21(33(35,36)37)17-38-30(41-28)40-23-14-22(34)19(13-25(23)46-5)27(44)39-18-15-32(16-18)9-11-42(3)12-10-32/h6-8,13-14,17-18H,9-12,15-16H2,1-5H3,(H,39,44)(H,38,40,41). The molecule has 1 saturated carbocycles. The minimum atomic E-state index is -4.89. The lowest BCUT2D eigenvalue weighted by Gasteiger charge is -2.52. The molecule has 0 bridgehead atoms. The first-order chi connectivity index (χ1) is 22.1. The van der Waals surface area contributed by atoms with Gasteiger partial charge in [0.05, 0.1) is 29.5 Å². The average Bonchev–Trinajstić information content (AvgIpc) is 3.17. The fourth-order valence-electron chi connectivity index (χ4n) is 6.72. The summed E-state index contributed by atoms with van der Waals surface area (Å²) >= 11 is 0. The Labute approximate surface area is 269 Å². The number of nitrogens with one attached hydrogen (secondary N) is 2. The number of benzene rings is 2. The summed E-state index contributed by atoms with van der Waals surface area (Å²) in [6.45, 7) is 5.66. The number of hydrogen-bond donors (Lipinski definition) is 2. The molecular weight excluding hydrogens is 620 g/mol. The third-order valence-corrected chi connectivity index (χ3v) is 9.83. The van der Waals surface area contributed by atoms with E-state index in [-0.39, 0.29) is 45.7 Å². The van der Waals surface area contributed by atoms with Gasteiger partial charge < -0.3 is 29.9 Å². The number of rotatable bonds is 7. The van der Waals surface area contributed by atoms with Gasteiger partial charge in [0.2, 0.25) is 11.8 Å². The lowest BCUT2D eigenvalue weighted by Crippen LogP contribution is -2.54. The normalized spacial score (nSPS) is 18.9. The quantitative estimate of drug-likeness (QED) is 0.294. The van der Waals surface area contributed by atoms with Crippen LogP contribution < -0.4 is 20.1 Å². The number of hydrogen-bond acceptors (Lipinski definition) is 8. The van der Waals surface area contributed by atoms with E-state index in [4.69, 9.17) is 9.47 Å². The van der Waals surface area contributed by atoms with Gasteiger partial charge in [0.1, 0.15) is 22.9 Å². The van der Waals surface area contributed by atoms with Crippen molar-refractivity contribution in [2.75, 3.05) is 39.6 Å². The molecule has 1 saturated heterocycles. The van der Waals surface area contributed by atoms with Gasteiger partial charge in [0.25, 0.3) is 11.8 Å². The molecule has 0 radical (unpaired) electrons. The van der Waals surface area contributed by atoms with Gasteiger partial charge in [0.15, 0.2) is 0 Å². The number of ether oxygens (including phenoxy) is 2.